The Balaban J connectivity index is 2.03. The van der Waals surface area contributed by atoms with Crippen LogP contribution in [0.25, 0.3) is 11.0 Å². The van der Waals surface area contributed by atoms with Gasteiger partial charge in [-0.1, -0.05) is 12.1 Å². The van der Waals surface area contributed by atoms with Crippen LogP contribution in [0.1, 0.15) is 5.56 Å². The number of benzene rings is 2. The van der Waals surface area contributed by atoms with Gasteiger partial charge in [-0.2, -0.15) is 0 Å². The monoisotopic (exact) mass is 285 g/mol. The lowest BCUT2D eigenvalue weighted by Crippen LogP contribution is -2.04. The topological polar surface area (TPSA) is 70.1 Å². The molecule has 2 N–H and O–H groups in total. The van der Waals surface area contributed by atoms with E-state index in [1.807, 2.05) is 0 Å². The molecule has 0 fully saturated rings. The van der Waals surface area contributed by atoms with Crippen molar-refractivity contribution in [3.8, 4) is 5.75 Å². The molecular formula is C15H12FN3O2. The number of nitrogens with zero attached hydrogens (tertiary/aromatic N) is 2. The predicted octanol–water partition coefficient (Wildman–Crippen LogP) is 2.34. The number of rotatable bonds is 4. The molecule has 106 valence electrons. The van der Waals surface area contributed by atoms with Crippen molar-refractivity contribution in [2.45, 2.75) is 6.54 Å². The molecule has 0 atom stereocenters. The first kappa shape index (κ1) is 13.1. The van der Waals surface area contributed by atoms with Crippen molar-refractivity contribution in [2.24, 2.45) is 0 Å². The number of anilines is 1. The first-order valence-electron chi connectivity index (χ1n) is 6.28. The van der Waals surface area contributed by atoms with Crippen LogP contribution < -0.4 is 10.5 Å². The highest BCUT2D eigenvalue weighted by atomic mass is 19.1. The van der Waals surface area contributed by atoms with Gasteiger partial charge >= 0.3 is 0 Å². The second-order valence-corrected chi connectivity index (χ2v) is 4.55. The van der Waals surface area contributed by atoms with Crippen LogP contribution in [-0.4, -0.2) is 16.0 Å². The summed E-state index contributed by atoms with van der Waals surface area (Å²) in [6, 6.07) is 11.2. The van der Waals surface area contributed by atoms with Crippen molar-refractivity contribution in [1.82, 2.24) is 9.55 Å². The summed E-state index contributed by atoms with van der Waals surface area (Å²) < 4.78 is 19.6. The zero-order chi connectivity index (χ0) is 14.8. The molecule has 1 aromatic heterocycles. The molecule has 0 aliphatic carbocycles. The number of aromatic nitrogens is 2. The minimum Gasteiger partial charge on any atom is -0.429 e. The maximum atomic E-state index is 12.9. The fourth-order valence-corrected chi connectivity index (χ4v) is 2.19. The number of carbonyl (C=O) groups is 1. The maximum absolute atomic E-state index is 12.9. The normalized spacial score (nSPS) is 10.7. The van der Waals surface area contributed by atoms with Gasteiger partial charge in [0.15, 0.2) is 0 Å². The summed E-state index contributed by atoms with van der Waals surface area (Å²) in [6.07, 6.45) is 0. The van der Waals surface area contributed by atoms with E-state index in [0.717, 1.165) is 11.1 Å². The summed E-state index contributed by atoms with van der Waals surface area (Å²) in [7, 11) is 0. The van der Waals surface area contributed by atoms with Crippen LogP contribution in [0.15, 0.2) is 42.5 Å². The van der Waals surface area contributed by atoms with Crippen molar-refractivity contribution >= 4 is 23.5 Å². The van der Waals surface area contributed by atoms with Crippen LogP contribution in [0.4, 0.5) is 10.3 Å². The number of nitrogen functional groups attached to an aromatic ring is 1. The molecule has 3 rings (SSSR count). The third-order valence-corrected chi connectivity index (χ3v) is 3.19. The van der Waals surface area contributed by atoms with E-state index in [1.54, 1.807) is 34.9 Å². The Morgan fingerprint density at radius 2 is 2.00 bits per heavy atom. The molecule has 0 aliphatic rings. The molecule has 6 heteroatoms. The summed E-state index contributed by atoms with van der Waals surface area (Å²) >= 11 is 0. The van der Waals surface area contributed by atoms with Gasteiger partial charge in [0, 0.05) is 6.07 Å². The zero-order valence-corrected chi connectivity index (χ0v) is 11.0. The molecule has 0 bridgehead atoms. The number of carbonyl (C=O) groups excluding carboxylic acids is 1. The smallest absolute Gasteiger partial charge is 0.298 e. The summed E-state index contributed by atoms with van der Waals surface area (Å²) in [5, 5.41) is 0. The molecule has 0 spiro atoms. The van der Waals surface area contributed by atoms with Crippen LogP contribution in [-0.2, 0) is 11.3 Å². The largest absolute Gasteiger partial charge is 0.429 e. The third kappa shape index (κ3) is 2.55. The number of hydrogen-bond donors (Lipinski definition) is 1. The molecule has 0 saturated carbocycles. The number of halogens is 1. The van der Waals surface area contributed by atoms with Crippen molar-refractivity contribution in [2.75, 3.05) is 5.73 Å². The molecule has 2 aromatic carbocycles. The fourth-order valence-electron chi connectivity index (χ4n) is 2.19. The summed E-state index contributed by atoms with van der Waals surface area (Å²) in [6.45, 7) is 0.818. The number of hydrogen-bond acceptors (Lipinski definition) is 4. The minimum absolute atomic E-state index is 0.288. The molecule has 0 unspecified atom stereocenters. The van der Waals surface area contributed by atoms with Gasteiger partial charge in [0.25, 0.3) is 6.47 Å². The van der Waals surface area contributed by atoms with Gasteiger partial charge in [0.1, 0.15) is 11.6 Å². The highest BCUT2D eigenvalue weighted by molar-refractivity contribution is 5.80. The lowest BCUT2D eigenvalue weighted by Gasteiger charge is -2.07. The van der Waals surface area contributed by atoms with Gasteiger partial charge in [-0.15, -0.1) is 0 Å². The molecule has 1 heterocycles. The summed E-state index contributed by atoms with van der Waals surface area (Å²) in [5.41, 5.74) is 8.26. The second kappa shape index (κ2) is 5.24. The van der Waals surface area contributed by atoms with E-state index in [1.165, 1.54) is 12.1 Å². The van der Waals surface area contributed by atoms with Gasteiger partial charge in [-0.25, -0.2) is 9.37 Å². The summed E-state index contributed by atoms with van der Waals surface area (Å²) in [4.78, 5) is 14.7. The van der Waals surface area contributed by atoms with Crippen LogP contribution in [0, 0.1) is 5.82 Å². The van der Waals surface area contributed by atoms with E-state index in [-0.39, 0.29) is 5.82 Å². The number of imidazole rings is 1. The van der Waals surface area contributed by atoms with E-state index in [9.17, 15) is 9.18 Å². The van der Waals surface area contributed by atoms with Crippen LogP contribution in [0.2, 0.25) is 0 Å². The molecule has 3 aromatic rings. The Hall–Kier alpha value is -2.89. The predicted molar refractivity (Wildman–Crippen MR) is 76.3 cm³/mol. The van der Waals surface area contributed by atoms with Gasteiger partial charge in [-0.3, -0.25) is 4.79 Å². The highest BCUT2D eigenvalue weighted by Gasteiger charge is 2.10. The Bertz CT molecular complexity index is 797. The van der Waals surface area contributed by atoms with Crippen LogP contribution >= 0.6 is 0 Å². The Morgan fingerprint density at radius 1 is 1.24 bits per heavy atom. The van der Waals surface area contributed by atoms with Crippen molar-refractivity contribution < 1.29 is 13.9 Å². The molecule has 0 saturated heterocycles. The lowest BCUT2D eigenvalue weighted by atomic mass is 10.2. The second-order valence-electron chi connectivity index (χ2n) is 4.55. The van der Waals surface area contributed by atoms with E-state index < -0.39 is 0 Å². The van der Waals surface area contributed by atoms with Crippen molar-refractivity contribution in [3.05, 3.63) is 53.8 Å². The number of ether oxygens (including phenoxy) is 1. The average Bonchev–Trinajstić information content (AvgIpc) is 2.78. The van der Waals surface area contributed by atoms with Crippen molar-refractivity contribution in [3.63, 3.8) is 0 Å². The molecule has 0 amide bonds. The fraction of sp³-hybridized carbons (Fsp3) is 0.0667. The minimum atomic E-state index is -0.288. The molecular weight excluding hydrogens is 273 g/mol. The lowest BCUT2D eigenvalue weighted by molar-refractivity contribution is -0.120. The van der Waals surface area contributed by atoms with Gasteiger partial charge in [-0.05, 0) is 29.8 Å². The number of nitrogens with two attached hydrogens (primary N) is 1. The van der Waals surface area contributed by atoms with Gasteiger partial charge < -0.3 is 15.0 Å². The van der Waals surface area contributed by atoms with Crippen LogP contribution in [0.3, 0.4) is 0 Å². The third-order valence-electron chi connectivity index (χ3n) is 3.19. The van der Waals surface area contributed by atoms with E-state index >= 15 is 0 Å². The molecule has 0 radical (unpaired) electrons. The Labute approximate surface area is 119 Å². The maximum Gasteiger partial charge on any atom is 0.298 e. The Kier molecular flexibility index (Phi) is 3.27. The van der Waals surface area contributed by atoms with E-state index in [2.05, 4.69) is 4.98 Å². The van der Waals surface area contributed by atoms with E-state index in [0.29, 0.717) is 30.2 Å². The van der Waals surface area contributed by atoms with Gasteiger partial charge in [0.2, 0.25) is 5.95 Å². The SMILES string of the molecule is Nc1nc2ccc(OC=O)cc2n1Cc1ccc(F)cc1. The number of fused-ring (bicyclic) bond motifs is 1. The highest BCUT2D eigenvalue weighted by Crippen LogP contribution is 2.24. The standard InChI is InChI=1S/C15H12FN3O2/c16-11-3-1-10(2-4-11)8-19-14-7-12(21-9-20)5-6-13(14)18-15(19)17/h1-7,9H,8H2,(H2,17,18). The molecule has 21 heavy (non-hydrogen) atoms. The zero-order valence-electron chi connectivity index (χ0n) is 11.0. The Morgan fingerprint density at radius 3 is 2.71 bits per heavy atom. The average molecular weight is 285 g/mol. The van der Waals surface area contributed by atoms with Crippen molar-refractivity contribution in [1.29, 1.82) is 0 Å². The van der Waals surface area contributed by atoms with Gasteiger partial charge in [0.05, 0.1) is 17.6 Å². The first-order chi connectivity index (χ1) is 10.2. The first-order valence-corrected chi connectivity index (χ1v) is 6.28. The quantitative estimate of drug-likeness (QED) is 0.747. The molecule has 5 nitrogen and oxygen atoms in total. The van der Waals surface area contributed by atoms with E-state index in [4.69, 9.17) is 10.5 Å². The van der Waals surface area contributed by atoms with Crippen LogP contribution in [0.5, 0.6) is 5.75 Å². The molecule has 0 aliphatic heterocycles. The summed E-state index contributed by atoms with van der Waals surface area (Å²) in [5.74, 6) is 0.471.